The predicted octanol–water partition coefficient (Wildman–Crippen LogP) is 3.14. The Hall–Kier alpha value is -2.30. The normalized spacial score (nSPS) is 10.3. The smallest absolute Gasteiger partial charge is 0.278 e. The van der Waals surface area contributed by atoms with E-state index in [0.29, 0.717) is 11.5 Å². The Balaban J connectivity index is 0.000000463. The van der Waals surface area contributed by atoms with E-state index >= 15 is 0 Å². The molecule has 0 atom stereocenters. The number of hydrogen-bond donors (Lipinski definition) is 2. The first-order valence-electron chi connectivity index (χ1n) is 7.53. The van der Waals surface area contributed by atoms with Gasteiger partial charge < -0.3 is 19.7 Å². The van der Waals surface area contributed by atoms with Gasteiger partial charge in [-0.3, -0.25) is 20.2 Å². The maximum atomic E-state index is 10.6. The average Bonchev–Trinajstić information content (AvgIpc) is 3.10. The monoisotopic (exact) mass is 455 g/mol. The van der Waals surface area contributed by atoms with Crippen molar-refractivity contribution in [2.45, 2.75) is 20.5 Å². The molecule has 11 heteroatoms. The number of ether oxygens (including phenoxy) is 2. The zero-order valence-electron chi connectivity index (χ0n) is 14.7. The molecule has 1 heterocycles. The van der Waals surface area contributed by atoms with Gasteiger partial charge in [0.25, 0.3) is 11.4 Å². The molecule has 1 aliphatic rings. The summed E-state index contributed by atoms with van der Waals surface area (Å²) in [5.74, 6) is 0.805. The van der Waals surface area contributed by atoms with E-state index in [1.54, 1.807) is 0 Å². The number of aliphatic hydroxyl groups is 1. The van der Waals surface area contributed by atoms with E-state index in [1.807, 2.05) is 13.8 Å². The van der Waals surface area contributed by atoms with Crippen LogP contribution in [-0.2, 0) is 39.3 Å². The molecule has 1 aliphatic heterocycles. The van der Waals surface area contributed by atoms with Crippen molar-refractivity contribution in [2.24, 2.45) is 0 Å². The number of non-ortho nitro benzene ring substituents is 1. The molecule has 1 radical (unpaired) electrons. The number of nitro benzene ring substituents is 2. The van der Waals surface area contributed by atoms with E-state index in [1.165, 1.54) is 36.4 Å². The largest absolute Gasteiger partial charge is 0.508 e. The SMILES string of the molecule is CC.O=[N+]([O-])c1cc2c(cc1CO)OCO2.O=[N+]([O-])c1ccc(O)cc1.[Y]. The second kappa shape index (κ2) is 12.2. The second-order valence-electron chi connectivity index (χ2n) is 4.52. The Morgan fingerprint density at radius 2 is 1.52 bits per heavy atom. The Morgan fingerprint density at radius 1 is 1.00 bits per heavy atom. The van der Waals surface area contributed by atoms with Gasteiger partial charge in [0.05, 0.1) is 28.1 Å². The van der Waals surface area contributed by atoms with Gasteiger partial charge in [-0.15, -0.1) is 0 Å². The summed E-state index contributed by atoms with van der Waals surface area (Å²) in [4.78, 5) is 19.5. The Labute approximate surface area is 179 Å². The summed E-state index contributed by atoms with van der Waals surface area (Å²) in [6.07, 6.45) is 0. The molecule has 27 heavy (non-hydrogen) atoms. The molecule has 0 fully saturated rings. The summed E-state index contributed by atoms with van der Waals surface area (Å²) in [5.41, 5.74) is 0.0498. The third-order valence-electron chi connectivity index (χ3n) is 3.00. The number of rotatable bonds is 3. The standard InChI is InChI=1S/C8H7NO5.C6H5NO3.C2H6.Y/c10-3-5-1-7-8(14-4-13-7)2-6(5)9(11)12;8-6-3-1-5(2-4-6)7(9)10;1-2;/h1-2,10H,3-4H2;1-4,8H;1-2H3;. The summed E-state index contributed by atoms with van der Waals surface area (Å²) in [7, 11) is 0. The minimum Gasteiger partial charge on any atom is -0.508 e. The molecule has 0 saturated carbocycles. The van der Waals surface area contributed by atoms with Crippen molar-refractivity contribution in [2.75, 3.05) is 6.79 Å². The topological polar surface area (TPSA) is 145 Å². The first kappa shape index (κ1) is 24.7. The van der Waals surface area contributed by atoms with Gasteiger partial charge in [0, 0.05) is 44.8 Å². The summed E-state index contributed by atoms with van der Waals surface area (Å²) in [6, 6.07) is 7.72. The summed E-state index contributed by atoms with van der Waals surface area (Å²) < 4.78 is 10.0. The Bertz CT molecular complexity index is 768. The molecule has 143 valence electrons. The van der Waals surface area contributed by atoms with Crippen molar-refractivity contribution >= 4 is 11.4 Å². The van der Waals surface area contributed by atoms with Crippen LogP contribution >= 0.6 is 0 Å². The molecule has 0 amide bonds. The van der Waals surface area contributed by atoms with Gasteiger partial charge >= 0.3 is 0 Å². The number of aromatic hydroxyl groups is 1. The number of nitro groups is 2. The van der Waals surface area contributed by atoms with Gasteiger partial charge in [-0.25, -0.2) is 0 Å². The molecule has 10 nitrogen and oxygen atoms in total. The fourth-order valence-corrected chi connectivity index (χ4v) is 1.84. The fourth-order valence-electron chi connectivity index (χ4n) is 1.84. The number of fused-ring (bicyclic) bond motifs is 1. The van der Waals surface area contributed by atoms with Crippen LogP contribution in [0.3, 0.4) is 0 Å². The first-order chi connectivity index (χ1) is 12.4. The molecule has 3 rings (SSSR count). The predicted molar refractivity (Wildman–Crippen MR) is 91.3 cm³/mol. The van der Waals surface area contributed by atoms with Crippen LogP contribution < -0.4 is 9.47 Å². The summed E-state index contributed by atoms with van der Waals surface area (Å²) >= 11 is 0. The summed E-state index contributed by atoms with van der Waals surface area (Å²) in [5, 5.41) is 38.2. The molecule has 2 aromatic carbocycles. The van der Waals surface area contributed by atoms with Gasteiger partial charge in [0.1, 0.15) is 5.75 Å². The van der Waals surface area contributed by atoms with Crippen LogP contribution in [0, 0.1) is 20.2 Å². The molecule has 2 aromatic rings. The third kappa shape index (κ3) is 7.08. The maximum Gasteiger partial charge on any atom is 0.278 e. The number of nitrogens with zero attached hydrogens (tertiary/aromatic N) is 2. The zero-order valence-corrected chi connectivity index (χ0v) is 17.5. The number of phenols is 1. The van der Waals surface area contributed by atoms with Gasteiger partial charge in [-0.2, -0.15) is 0 Å². The van der Waals surface area contributed by atoms with E-state index in [4.69, 9.17) is 19.7 Å². The number of aliphatic hydroxyl groups excluding tert-OH is 1. The molecule has 0 bridgehead atoms. The van der Waals surface area contributed by atoms with E-state index in [9.17, 15) is 20.2 Å². The molecule has 0 spiro atoms. The third-order valence-corrected chi connectivity index (χ3v) is 3.00. The van der Waals surface area contributed by atoms with Crippen LogP contribution in [0.4, 0.5) is 11.4 Å². The molecule has 2 N–H and O–H groups in total. The molecular formula is C16H18N2O8Y. The van der Waals surface area contributed by atoms with Gasteiger partial charge in [-0.1, -0.05) is 13.8 Å². The minimum absolute atomic E-state index is 0. The van der Waals surface area contributed by atoms with Crippen molar-refractivity contribution in [3.05, 3.63) is 62.2 Å². The van der Waals surface area contributed by atoms with Crippen molar-refractivity contribution in [1.82, 2.24) is 0 Å². The minimum atomic E-state index is -0.562. The molecule has 0 unspecified atom stereocenters. The Morgan fingerprint density at radius 3 is 1.96 bits per heavy atom. The molecule has 0 saturated heterocycles. The quantitative estimate of drug-likeness (QED) is 0.530. The zero-order chi connectivity index (χ0) is 19.7. The molecule has 0 aromatic heterocycles. The van der Waals surface area contributed by atoms with Crippen molar-refractivity contribution in [3.63, 3.8) is 0 Å². The first-order valence-corrected chi connectivity index (χ1v) is 7.53. The van der Waals surface area contributed by atoms with E-state index in [0.717, 1.165) is 0 Å². The van der Waals surface area contributed by atoms with Crippen LogP contribution in [0.1, 0.15) is 19.4 Å². The van der Waals surface area contributed by atoms with Gasteiger partial charge in [0.15, 0.2) is 11.5 Å². The van der Waals surface area contributed by atoms with Crippen LogP contribution in [0.15, 0.2) is 36.4 Å². The van der Waals surface area contributed by atoms with Crippen LogP contribution in [-0.4, -0.2) is 26.9 Å². The van der Waals surface area contributed by atoms with Gasteiger partial charge in [0.2, 0.25) is 6.79 Å². The van der Waals surface area contributed by atoms with E-state index in [2.05, 4.69) is 0 Å². The Kier molecular flexibility index (Phi) is 11.1. The number of hydrogen-bond acceptors (Lipinski definition) is 8. The van der Waals surface area contributed by atoms with E-state index < -0.39 is 16.5 Å². The van der Waals surface area contributed by atoms with Crippen molar-refractivity contribution in [1.29, 1.82) is 0 Å². The molecular weight excluding hydrogens is 437 g/mol. The fraction of sp³-hybridized carbons (Fsp3) is 0.250. The van der Waals surface area contributed by atoms with Crippen molar-refractivity contribution in [3.8, 4) is 17.2 Å². The van der Waals surface area contributed by atoms with Crippen LogP contribution in [0.5, 0.6) is 17.2 Å². The van der Waals surface area contributed by atoms with Crippen LogP contribution in [0.2, 0.25) is 0 Å². The number of benzene rings is 2. The maximum absolute atomic E-state index is 10.6. The van der Waals surface area contributed by atoms with Crippen molar-refractivity contribution < 1.29 is 62.2 Å². The number of phenolic OH excluding ortho intramolecular Hbond substituents is 1. The molecule has 0 aliphatic carbocycles. The van der Waals surface area contributed by atoms with E-state index in [-0.39, 0.29) is 62.2 Å². The second-order valence-corrected chi connectivity index (χ2v) is 4.52. The average molecular weight is 455 g/mol. The summed E-state index contributed by atoms with van der Waals surface area (Å²) in [6.45, 7) is 3.66. The van der Waals surface area contributed by atoms with Crippen LogP contribution in [0.25, 0.3) is 0 Å². The van der Waals surface area contributed by atoms with Gasteiger partial charge in [-0.05, 0) is 18.2 Å².